The van der Waals surface area contributed by atoms with Gasteiger partial charge >= 0.3 is 6.18 Å². The van der Waals surface area contributed by atoms with Gasteiger partial charge < -0.3 is 4.74 Å². The third-order valence-corrected chi connectivity index (χ3v) is 5.67. The number of halogens is 6. The summed E-state index contributed by atoms with van der Waals surface area (Å²) in [6.45, 7) is 3.59. The summed E-state index contributed by atoms with van der Waals surface area (Å²) in [4.78, 5) is 0. The van der Waals surface area contributed by atoms with E-state index in [9.17, 15) is 22.0 Å². The zero-order chi connectivity index (χ0) is 25.2. The van der Waals surface area contributed by atoms with Crippen LogP contribution in [-0.2, 0) is 19.0 Å². The molecule has 0 saturated heterocycles. The first kappa shape index (κ1) is 24.4. The SMILES string of the molecule is C=CCOc1cc(F)c(-c2ccc3c(F)c(CCc4ccc(C(F)(F)F)cc4)ccc3c2)c(F)c1. The van der Waals surface area contributed by atoms with Crippen LogP contribution in [0.3, 0.4) is 0 Å². The molecule has 35 heavy (non-hydrogen) atoms. The average molecular weight is 486 g/mol. The van der Waals surface area contributed by atoms with Crippen LogP contribution in [0, 0.1) is 17.5 Å². The Morgan fingerprint density at radius 3 is 2.11 bits per heavy atom. The highest BCUT2D eigenvalue weighted by Gasteiger charge is 2.29. The molecule has 0 amide bonds. The summed E-state index contributed by atoms with van der Waals surface area (Å²) in [7, 11) is 0. The smallest absolute Gasteiger partial charge is 0.416 e. The summed E-state index contributed by atoms with van der Waals surface area (Å²) < 4.78 is 87.7. The fraction of sp³-hybridized carbons (Fsp3) is 0.143. The van der Waals surface area contributed by atoms with Crippen LogP contribution in [-0.4, -0.2) is 6.61 Å². The van der Waals surface area contributed by atoms with Crippen molar-refractivity contribution in [2.75, 3.05) is 6.61 Å². The highest BCUT2D eigenvalue weighted by molar-refractivity contribution is 5.88. The van der Waals surface area contributed by atoms with Gasteiger partial charge in [-0.2, -0.15) is 13.2 Å². The molecular formula is C28H20F6O. The van der Waals surface area contributed by atoms with Crippen LogP contribution in [0.4, 0.5) is 26.3 Å². The summed E-state index contributed by atoms with van der Waals surface area (Å²) in [5.74, 6) is -2.06. The summed E-state index contributed by atoms with van der Waals surface area (Å²) >= 11 is 0. The molecular weight excluding hydrogens is 466 g/mol. The molecule has 0 fully saturated rings. The van der Waals surface area contributed by atoms with Gasteiger partial charge in [0.2, 0.25) is 0 Å². The van der Waals surface area contributed by atoms with Crippen molar-refractivity contribution in [2.24, 2.45) is 0 Å². The lowest BCUT2D eigenvalue weighted by Crippen LogP contribution is -2.04. The molecule has 4 rings (SSSR count). The van der Waals surface area contributed by atoms with Crippen LogP contribution in [0.5, 0.6) is 5.75 Å². The van der Waals surface area contributed by atoms with Gasteiger partial charge in [0, 0.05) is 17.5 Å². The van der Waals surface area contributed by atoms with E-state index in [-0.39, 0.29) is 35.3 Å². The van der Waals surface area contributed by atoms with Crippen LogP contribution < -0.4 is 4.74 Å². The van der Waals surface area contributed by atoms with Crippen molar-refractivity contribution in [2.45, 2.75) is 19.0 Å². The zero-order valence-electron chi connectivity index (χ0n) is 18.4. The molecule has 0 radical (unpaired) electrons. The topological polar surface area (TPSA) is 9.23 Å². The molecule has 0 saturated carbocycles. The van der Waals surface area contributed by atoms with Gasteiger partial charge in [-0.25, -0.2) is 13.2 Å². The van der Waals surface area contributed by atoms with Gasteiger partial charge in [0.25, 0.3) is 0 Å². The fourth-order valence-corrected chi connectivity index (χ4v) is 3.89. The maximum atomic E-state index is 15.1. The van der Waals surface area contributed by atoms with Crippen molar-refractivity contribution in [1.82, 2.24) is 0 Å². The summed E-state index contributed by atoms with van der Waals surface area (Å²) in [6, 6.07) is 14.6. The molecule has 0 unspecified atom stereocenters. The standard InChI is InChI=1S/C28H20F6O/c1-2-13-35-22-15-24(29)26(25(30)16-22)20-9-12-23-19(14-20)8-7-18(27(23)31)6-3-17-4-10-21(11-5-17)28(32,33)34/h2,4-5,7-12,14-16H,1,3,6,13H2. The quantitative estimate of drug-likeness (QED) is 0.189. The lowest BCUT2D eigenvalue weighted by atomic mass is 9.96. The second-order valence-corrected chi connectivity index (χ2v) is 8.03. The van der Waals surface area contributed by atoms with Crippen LogP contribution >= 0.6 is 0 Å². The van der Waals surface area contributed by atoms with Crippen molar-refractivity contribution < 1.29 is 31.1 Å². The van der Waals surface area contributed by atoms with E-state index >= 15 is 4.39 Å². The maximum absolute atomic E-state index is 15.1. The normalized spacial score (nSPS) is 11.6. The Kier molecular flexibility index (Phi) is 6.87. The van der Waals surface area contributed by atoms with Crippen LogP contribution in [0.25, 0.3) is 21.9 Å². The highest BCUT2D eigenvalue weighted by Crippen LogP contribution is 2.33. The second-order valence-electron chi connectivity index (χ2n) is 8.03. The molecule has 0 aromatic heterocycles. The van der Waals surface area contributed by atoms with Gasteiger partial charge in [0.1, 0.15) is 29.8 Å². The number of benzene rings is 4. The number of ether oxygens (including phenoxy) is 1. The van der Waals surface area contributed by atoms with Gasteiger partial charge in [0.05, 0.1) is 11.1 Å². The van der Waals surface area contributed by atoms with Gasteiger partial charge in [-0.15, -0.1) is 0 Å². The minimum atomic E-state index is -4.41. The highest BCUT2D eigenvalue weighted by atomic mass is 19.4. The zero-order valence-corrected chi connectivity index (χ0v) is 18.4. The van der Waals surface area contributed by atoms with Crippen molar-refractivity contribution in [3.05, 3.63) is 114 Å². The molecule has 0 aliphatic heterocycles. The molecule has 4 aromatic rings. The molecule has 7 heteroatoms. The van der Waals surface area contributed by atoms with E-state index in [1.807, 2.05) is 0 Å². The molecule has 1 nitrogen and oxygen atoms in total. The Hall–Kier alpha value is -3.74. The first-order valence-corrected chi connectivity index (χ1v) is 10.8. The lowest BCUT2D eigenvalue weighted by Gasteiger charge is -2.12. The van der Waals surface area contributed by atoms with Gasteiger partial charge in [-0.05, 0) is 53.1 Å². The fourth-order valence-electron chi connectivity index (χ4n) is 3.89. The maximum Gasteiger partial charge on any atom is 0.416 e. The number of rotatable bonds is 7. The van der Waals surface area contributed by atoms with Crippen LogP contribution in [0.2, 0.25) is 0 Å². The molecule has 4 aromatic carbocycles. The van der Waals surface area contributed by atoms with Crippen LogP contribution in [0.15, 0.2) is 79.4 Å². The van der Waals surface area contributed by atoms with Gasteiger partial charge in [0.15, 0.2) is 0 Å². The molecule has 0 aliphatic rings. The second kappa shape index (κ2) is 9.86. The van der Waals surface area contributed by atoms with E-state index in [0.29, 0.717) is 22.9 Å². The summed E-state index contributed by atoms with van der Waals surface area (Å²) in [5, 5.41) is 0.745. The molecule has 0 heterocycles. The first-order chi connectivity index (χ1) is 16.7. The van der Waals surface area contributed by atoms with E-state index < -0.39 is 29.2 Å². The minimum absolute atomic E-state index is 0.0353. The molecule has 0 bridgehead atoms. The summed E-state index contributed by atoms with van der Waals surface area (Å²) in [5.41, 5.74) is 0.315. The number of hydrogen-bond donors (Lipinski definition) is 0. The largest absolute Gasteiger partial charge is 0.489 e. The first-order valence-electron chi connectivity index (χ1n) is 10.8. The monoisotopic (exact) mass is 486 g/mol. The Bertz CT molecular complexity index is 1350. The van der Waals surface area contributed by atoms with E-state index in [0.717, 1.165) is 24.3 Å². The number of aryl methyl sites for hydroxylation is 2. The van der Waals surface area contributed by atoms with E-state index in [1.54, 1.807) is 12.1 Å². The lowest BCUT2D eigenvalue weighted by molar-refractivity contribution is -0.137. The number of hydrogen-bond acceptors (Lipinski definition) is 1. The molecule has 180 valence electrons. The Labute approximate surface area is 198 Å². The van der Waals surface area contributed by atoms with Crippen LogP contribution in [0.1, 0.15) is 16.7 Å². The predicted molar refractivity (Wildman–Crippen MR) is 124 cm³/mol. The molecule has 0 spiro atoms. The third-order valence-electron chi connectivity index (χ3n) is 5.67. The number of alkyl halides is 3. The Balaban J connectivity index is 1.57. The van der Waals surface area contributed by atoms with E-state index in [4.69, 9.17) is 4.74 Å². The van der Waals surface area contributed by atoms with Crippen molar-refractivity contribution >= 4 is 10.8 Å². The molecule has 0 aliphatic carbocycles. The van der Waals surface area contributed by atoms with Gasteiger partial charge in [-0.3, -0.25) is 0 Å². The van der Waals surface area contributed by atoms with Gasteiger partial charge in [-0.1, -0.05) is 49.1 Å². The van der Waals surface area contributed by atoms with E-state index in [1.165, 1.54) is 36.4 Å². The Morgan fingerprint density at radius 1 is 0.800 bits per heavy atom. The van der Waals surface area contributed by atoms with E-state index in [2.05, 4.69) is 6.58 Å². The minimum Gasteiger partial charge on any atom is -0.489 e. The van der Waals surface area contributed by atoms with Crippen molar-refractivity contribution in [3.8, 4) is 16.9 Å². The Morgan fingerprint density at radius 2 is 1.49 bits per heavy atom. The molecule has 0 N–H and O–H groups in total. The molecule has 0 atom stereocenters. The van der Waals surface area contributed by atoms with Crippen molar-refractivity contribution in [3.63, 3.8) is 0 Å². The average Bonchev–Trinajstić information content (AvgIpc) is 2.81. The number of fused-ring (bicyclic) bond motifs is 1. The summed E-state index contributed by atoms with van der Waals surface area (Å²) in [6.07, 6.45) is -2.31. The predicted octanol–water partition coefficient (Wildman–Crippen LogP) is 8.29. The van der Waals surface area contributed by atoms with Crippen molar-refractivity contribution in [1.29, 1.82) is 0 Å². The third kappa shape index (κ3) is 5.34.